The quantitative estimate of drug-likeness (QED) is 0.462. The van der Waals surface area contributed by atoms with Gasteiger partial charge in [-0.05, 0) is 12.1 Å². The number of rotatable bonds is 3. The molecule has 0 aromatic heterocycles. The van der Waals surface area contributed by atoms with E-state index in [2.05, 4.69) is 16.8 Å². The van der Waals surface area contributed by atoms with Crippen LogP contribution in [0.4, 0.5) is 5.69 Å². The van der Waals surface area contributed by atoms with Crippen LogP contribution in [-0.2, 0) is 0 Å². The predicted octanol–water partition coefficient (Wildman–Crippen LogP) is 2.96. The molecule has 1 aromatic carbocycles. The van der Waals surface area contributed by atoms with Gasteiger partial charge in [0.2, 0.25) is 0 Å². The van der Waals surface area contributed by atoms with E-state index in [4.69, 9.17) is 0 Å². The number of azo groups is 1. The van der Waals surface area contributed by atoms with Crippen molar-refractivity contribution in [2.75, 3.05) is 6.54 Å². The van der Waals surface area contributed by atoms with Gasteiger partial charge in [-0.25, -0.2) is 0 Å². The van der Waals surface area contributed by atoms with Crippen LogP contribution in [0.3, 0.4) is 0 Å². The molecular formula is C9H10N2. The highest BCUT2D eigenvalue weighted by molar-refractivity contribution is 5.34. The van der Waals surface area contributed by atoms with Crippen molar-refractivity contribution in [1.29, 1.82) is 0 Å². The van der Waals surface area contributed by atoms with Crippen LogP contribution >= 0.6 is 0 Å². The summed E-state index contributed by atoms with van der Waals surface area (Å²) in [5.74, 6) is 0. The summed E-state index contributed by atoms with van der Waals surface area (Å²) in [6, 6.07) is 9.64. The van der Waals surface area contributed by atoms with Gasteiger partial charge in [-0.1, -0.05) is 24.3 Å². The smallest absolute Gasteiger partial charge is 0.0852 e. The lowest BCUT2D eigenvalue weighted by molar-refractivity contribution is 1.07. The third-order valence-electron chi connectivity index (χ3n) is 1.15. The van der Waals surface area contributed by atoms with E-state index >= 15 is 0 Å². The average Bonchev–Trinajstić information content (AvgIpc) is 2.07. The molecule has 11 heavy (non-hydrogen) atoms. The van der Waals surface area contributed by atoms with Crippen LogP contribution in [0.15, 0.2) is 53.2 Å². The molecule has 0 heterocycles. The lowest BCUT2D eigenvalue weighted by atomic mass is 10.3. The first-order valence-electron chi connectivity index (χ1n) is 3.47. The molecule has 0 aliphatic rings. The van der Waals surface area contributed by atoms with Crippen molar-refractivity contribution in [3.05, 3.63) is 43.0 Å². The Hall–Kier alpha value is -1.44. The first-order chi connectivity index (χ1) is 5.43. The van der Waals surface area contributed by atoms with E-state index in [-0.39, 0.29) is 0 Å². The van der Waals surface area contributed by atoms with Gasteiger partial charge in [-0.15, -0.1) is 6.58 Å². The van der Waals surface area contributed by atoms with E-state index in [1.165, 1.54) is 0 Å². The van der Waals surface area contributed by atoms with Crippen LogP contribution in [0, 0.1) is 0 Å². The summed E-state index contributed by atoms with van der Waals surface area (Å²) in [5, 5.41) is 7.82. The second-order valence-corrected chi connectivity index (χ2v) is 2.05. The van der Waals surface area contributed by atoms with E-state index in [0.717, 1.165) is 5.69 Å². The highest BCUT2D eigenvalue weighted by Gasteiger charge is 1.81. The maximum absolute atomic E-state index is 3.95. The average molecular weight is 146 g/mol. The summed E-state index contributed by atoms with van der Waals surface area (Å²) < 4.78 is 0. The first kappa shape index (κ1) is 7.66. The lowest BCUT2D eigenvalue weighted by Gasteiger charge is -1.87. The van der Waals surface area contributed by atoms with Crippen LogP contribution < -0.4 is 0 Å². The second kappa shape index (κ2) is 4.39. The first-order valence-corrected chi connectivity index (χ1v) is 3.47. The Morgan fingerprint density at radius 3 is 2.64 bits per heavy atom. The van der Waals surface area contributed by atoms with Crippen molar-refractivity contribution in [1.82, 2.24) is 0 Å². The summed E-state index contributed by atoms with van der Waals surface area (Å²) in [5.41, 5.74) is 0.884. The van der Waals surface area contributed by atoms with Gasteiger partial charge in [0.15, 0.2) is 0 Å². The highest BCUT2D eigenvalue weighted by atomic mass is 15.1. The van der Waals surface area contributed by atoms with Crippen molar-refractivity contribution >= 4 is 5.69 Å². The highest BCUT2D eigenvalue weighted by Crippen LogP contribution is 2.09. The van der Waals surface area contributed by atoms with Crippen LogP contribution in [0.25, 0.3) is 0 Å². The fourth-order valence-electron chi connectivity index (χ4n) is 0.675. The van der Waals surface area contributed by atoms with Gasteiger partial charge in [-0.2, -0.15) is 10.2 Å². The zero-order valence-corrected chi connectivity index (χ0v) is 6.27. The van der Waals surface area contributed by atoms with Crippen molar-refractivity contribution < 1.29 is 0 Å². The van der Waals surface area contributed by atoms with Crippen molar-refractivity contribution in [2.45, 2.75) is 0 Å². The Morgan fingerprint density at radius 1 is 1.27 bits per heavy atom. The van der Waals surface area contributed by atoms with E-state index in [1.807, 2.05) is 30.3 Å². The minimum absolute atomic E-state index is 0.578. The Morgan fingerprint density at radius 2 is 2.00 bits per heavy atom. The molecule has 0 bridgehead atoms. The summed E-state index contributed by atoms with van der Waals surface area (Å²) in [6.07, 6.45) is 1.71. The molecule has 0 aliphatic heterocycles. The van der Waals surface area contributed by atoms with Crippen LogP contribution in [0.2, 0.25) is 0 Å². The Kier molecular flexibility index (Phi) is 3.06. The maximum atomic E-state index is 3.95. The molecule has 56 valence electrons. The summed E-state index contributed by atoms with van der Waals surface area (Å²) in [4.78, 5) is 0. The Labute approximate surface area is 66.3 Å². The van der Waals surface area contributed by atoms with Gasteiger partial charge in [0, 0.05) is 0 Å². The Bertz CT molecular complexity index is 239. The van der Waals surface area contributed by atoms with Gasteiger partial charge in [0.1, 0.15) is 0 Å². The van der Waals surface area contributed by atoms with E-state index in [0.29, 0.717) is 6.54 Å². The molecule has 0 atom stereocenters. The predicted molar refractivity (Wildman–Crippen MR) is 46.0 cm³/mol. The molecule has 0 radical (unpaired) electrons. The number of benzene rings is 1. The normalized spacial score (nSPS) is 10.2. The largest absolute Gasteiger partial charge is 0.185 e. The van der Waals surface area contributed by atoms with Crippen molar-refractivity contribution in [3.63, 3.8) is 0 Å². The molecule has 0 fully saturated rings. The van der Waals surface area contributed by atoms with Gasteiger partial charge in [0.25, 0.3) is 0 Å². The van der Waals surface area contributed by atoms with E-state index in [1.54, 1.807) is 6.08 Å². The van der Waals surface area contributed by atoms with Gasteiger partial charge >= 0.3 is 0 Å². The van der Waals surface area contributed by atoms with Crippen LogP contribution in [-0.4, -0.2) is 6.54 Å². The molecule has 0 saturated carbocycles. The molecule has 2 nitrogen and oxygen atoms in total. The number of hydrogen-bond acceptors (Lipinski definition) is 2. The molecular weight excluding hydrogens is 136 g/mol. The molecule has 0 spiro atoms. The molecule has 0 saturated heterocycles. The zero-order valence-electron chi connectivity index (χ0n) is 6.27. The summed E-state index contributed by atoms with van der Waals surface area (Å²) in [6.45, 7) is 4.12. The van der Waals surface area contributed by atoms with E-state index in [9.17, 15) is 0 Å². The second-order valence-electron chi connectivity index (χ2n) is 2.05. The molecule has 0 amide bonds. The fraction of sp³-hybridized carbons (Fsp3) is 0.111. The molecule has 1 rings (SSSR count). The van der Waals surface area contributed by atoms with Gasteiger partial charge in [0.05, 0.1) is 12.2 Å². The maximum Gasteiger partial charge on any atom is 0.0852 e. The molecule has 2 heteroatoms. The molecule has 1 aromatic rings. The zero-order chi connectivity index (χ0) is 7.94. The molecule has 0 unspecified atom stereocenters. The third kappa shape index (κ3) is 2.76. The van der Waals surface area contributed by atoms with Crippen LogP contribution in [0.5, 0.6) is 0 Å². The number of hydrogen-bond donors (Lipinski definition) is 0. The van der Waals surface area contributed by atoms with Gasteiger partial charge < -0.3 is 0 Å². The molecule has 0 aliphatic carbocycles. The number of nitrogens with zero attached hydrogens (tertiary/aromatic N) is 2. The topological polar surface area (TPSA) is 24.7 Å². The minimum Gasteiger partial charge on any atom is -0.185 e. The fourth-order valence-corrected chi connectivity index (χ4v) is 0.675. The van der Waals surface area contributed by atoms with Crippen LogP contribution in [0.1, 0.15) is 0 Å². The third-order valence-corrected chi connectivity index (χ3v) is 1.15. The van der Waals surface area contributed by atoms with Crippen molar-refractivity contribution in [3.8, 4) is 0 Å². The standard InChI is InChI=1S/C9H10N2/c1-2-8-10-11-9-6-4-3-5-7-9/h2-7H,1,8H2. The Balaban J connectivity index is 2.57. The monoisotopic (exact) mass is 146 g/mol. The summed E-state index contributed by atoms with van der Waals surface area (Å²) in [7, 11) is 0. The molecule has 0 N–H and O–H groups in total. The van der Waals surface area contributed by atoms with Crippen molar-refractivity contribution in [2.24, 2.45) is 10.2 Å². The lowest BCUT2D eigenvalue weighted by Crippen LogP contribution is -1.66. The van der Waals surface area contributed by atoms with Gasteiger partial charge in [-0.3, -0.25) is 0 Å². The van der Waals surface area contributed by atoms with E-state index < -0.39 is 0 Å². The minimum atomic E-state index is 0.578. The SMILES string of the molecule is C=CCN=Nc1ccccc1. The summed E-state index contributed by atoms with van der Waals surface area (Å²) >= 11 is 0.